The lowest BCUT2D eigenvalue weighted by molar-refractivity contribution is -0.136. The van der Waals surface area contributed by atoms with Crippen LogP contribution in [0.1, 0.15) is 22.3 Å². The number of hydrogen-bond acceptors (Lipinski definition) is 2. The maximum atomic E-state index is 11.5. The van der Waals surface area contributed by atoms with E-state index in [0.29, 0.717) is 6.42 Å². The first kappa shape index (κ1) is 15.6. The molecule has 21 heavy (non-hydrogen) atoms. The van der Waals surface area contributed by atoms with E-state index >= 15 is 0 Å². The SMILES string of the molecule is Cc1ccc(S[C@@H](Cc2ccc(C)cc2C)C(=O)O)cc1. The first-order valence-corrected chi connectivity index (χ1v) is 7.86. The van der Waals surface area contributed by atoms with Crippen LogP contribution in [0.15, 0.2) is 47.4 Å². The molecule has 2 nitrogen and oxygen atoms in total. The summed E-state index contributed by atoms with van der Waals surface area (Å²) in [6.45, 7) is 6.11. The molecule has 0 amide bonds. The van der Waals surface area contributed by atoms with Crippen LogP contribution in [0.4, 0.5) is 0 Å². The first-order chi connectivity index (χ1) is 9.95. The summed E-state index contributed by atoms with van der Waals surface area (Å²) in [5, 5.41) is 9.01. The third-order valence-corrected chi connectivity index (χ3v) is 4.68. The number of carboxylic acid groups (broad SMARTS) is 1. The second-order valence-corrected chi connectivity index (χ2v) is 6.67. The highest BCUT2D eigenvalue weighted by Gasteiger charge is 2.20. The van der Waals surface area contributed by atoms with Gasteiger partial charge in [0.1, 0.15) is 5.25 Å². The quantitative estimate of drug-likeness (QED) is 0.832. The molecule has 2 aromatic carbocycles. The van der Waals surface area contributed by atoms with Gasteiger partial charge in [-0.3, -0.25) is 4.79 Å². The second-order valence-electron chi connectivity index (χ2n) is 5.39. The Morgan fingerprint density at radius 1 is 1.05 bits per heavy atom. The minimum atomic E-state index is -0.763. The summed E-state index contributed by atoms with van der Waals surface area (Å²) in [7, 11) is 0. The minimum absolute atomic E-state index is 0.464. The van der Waals surface area contributed by atoms with Crippen molar-refractivity contribution in [3.05, 3.63) is 64.7 Å². The number of thioether (sulfide) groups is 1. The van der Waals surface area contributed by atoms with Crippen molar-refractivity contribution in [3.63, 3.8) is 0 Å². The maximum Gasteiger partial charge on any atom is 0.317 e. The number of aliphatic carboxylic acids is 1. The summed E-state index contributed by atoms with van der Waals surface area (Å²) in [6.07, 6.45) is 0.542. The summed E-state index contributed by atoms with van der Waals surface area (Å²) in [6, 6.07) is 14.2. The Kier molecular flexibility index (Phi) is 5.07. The van der Waals surface area contributed by atoms with Crippen LogP contribution in [0, 0.1) is 20.8 Å². The zero-order chi connectivity index (χ0) is 15.4. The molecule has 0 bridgehead atoms. The van der Waals surface area contributed by atoms with E-state index in [0.717, 1.165) is 16.0 Å². The molecule has 1 N–H and O–H groups in total. The standard InChI is InChI=1S/C18H20O2S/c1-12-5-8-16(9-6-12)21-17(18(19)20)11-15-7-4-13(2)10-14(15)3/h4-10,17H,11H2,1-3H3,(H,19,20)/t17-/m0/s1. The van der Waals surface area contributed by atoms with Gasteiger partial charge in [-0.25, -0.2) is 0 Å². The van der Waals surface area contributed by atoms with E-state index in [1.54, 1.807) is 0 Å². The molecule has 2 aromatic rings. The fraction of sp³-hybridized carbons (Fsp3) is 0.278. The lowest BCUT2D eigenvalue weighted by atomic mass is 10.0. The van der Waals surface area contributed by atoms with Gasteiger partial charge < -0.3 is 5.11 Å². The molecule has 110 valence electrons. The Hall–Kier alpha value is -1.74. The molecular formula is C18H20O2S. The van der Waals surface area contributed by atoms with E-state index in [1.807, 2.05) is 57.2 Å². The largest absolute Gasteiger partial charge is 0.480 e. The van der Waals surface area contributed by atoms with Crippen molar-refractivity contribution >= 4 is 17.7 Å². The topological polar surface area (TPSA) is 37.3 Å². The Bertz CT molecular complexity index is 632. The average Bonchev–Trinajstić information content (AvgIpc) is 2.43. The molecule has 0 saturated carbocycles. The molecule has 0 unspecified atom stereocenters. The molecule has 0 radical (unpaired) electrons. The number of hydrogen-bond donors (Lipinski definition) is 1. The van der Waals surface area contributed by atoms with Gasteiger partial charge in [0.25, 0.3) is 0 Å². The molecule has 0 fully saturated rings. The summed E-state index contributed by atoms with van der Waals surface area (Å²) < 4.78 is 0. The van der Waals surface area contributed by atoms with Crippen LogP contribution >= 0.6 is 11.8 Å². The maximum absolute atomic E-state index is 11.5. The third kappa shape index (κ3) is 4.36. The molecule has 0 saturated heterocycles. The van der Waals surface area contributed by atoms with Gasteiger partial charge in [-0.2, -0.15) is 0 Å². The second kappa shape index (κ2) is 6.81. The van der Waals surface area contributed by atoms with Gasteiger partial charge in [-0.05, 0) is 50.5 Å². The smallest absolute Gasteiger partial charge is 0.317 e. The molecule has 0 aliphatic heterocycles. The van der Waals surface area contributed by atoms with Crippen LogP contribution in [-0.2, 0) is 11.2 Å². The van der Waals surface area contributed by atoms with Crippen molar-refractivity contribution < 1.29 is 9.90 Å². The molecule has 1 atom stereocenters. The molecular weight excluding hydrogens is 280 g/mol. The highest BCUT2D eigenvalue weighted by molar-refractivity contribution is 8.00. The predicted molar refractivity (Wildman–Crippen MR) is 88.1 cm³/mol. The lowest BCUT2D eigenvalue weighted by Crippen LogP contribution is -2.19. The molecule has 0 heterocycles. The van der Waals surface area contributed by atoms with Crippen LogP contribution in [0.5, 0.6) is 0 Å². The van der Waals surface area contributed by atoms with Gasteiger partial charge >= 0.3 is 5.97 Å². The Labute approximate surface area is 130 Å². The lowest BCUT2D eigenvalue weighted by Gasteiger charge is -2.14. The molecule has 0 aliphatic rings. The number of aryl methyl sites for hydroxylation is 3. The van der Waals surface area contributed by atoms with Gasteiger partial charge in [0, 0.05) is 4.90 Å². The molecule has 0 aliphatic carbocycles. The summed E-state index contributed by atoms with van der Waals surface area (Å²) in [5.74, 6) is -0.763. The summed E-state index contributed by atoms with van der Waals surface area (Å²) in [4.78, 5) is 12.5. The van der Waals surface area contributed by atoms with E-state index in [-0.39, 0.29) is 0 Å². The molecule has 0 aromatic heterocycles. The number of benzene rings is 2. The Balaban J connectivity index is 2.15. The van der Waals surface area contributed by atoms with E-state index < -0.39 is 11.2 Å². The van der Waals surface area contributed by atoms with Gasteiger partial charge in [-0.1, -0.05) is 41.5 Å². The predicted octanol–water partition coefficient (Wildman–Crippen LogP) is 4.40. The van der Waals surface area contributed by atoms with Crippen LogP contribution in [0.3, 0.4) is 0 Å². The molecule has 0 spiro atoms. The van der Waals surface area contributed by atoms with Crippen LogP contribution in [-0.4, -0.2) is 16.3 Å². The normalized spacial score (nSPS) is 12.1. The summed E-state index contributed by atoms with van der Waals surface area (Å²) >= 11 is 1.41. The fourth-order valence-electron chi connectivity index (χ4n) is 2.24. The zero-order valence-electron chi connectivity index (χ0n) is 12.6. The third-order valence-electron chi connectivity index (χ3n) is 3.48. The van der Waals surface area contributed by atoms with Gasteiger partial charge in [0.15, 0.2) is 0 Å². The zero-order valence-corrected chi connectivity index (χ0v) is 13.4. The van der Waals surface area contributed by atoms with Gasteiger partial charge in [-0.15, -0.1) is 11.8 Å². The Morgan fingerprint density at radius 2 is 1.67 bits per heavy atom. The van der Waals surface area contributed by atoms with E-state index in [4.69, 9.17) is 0 Å². The molecule has 3 heteroatoms. The highest BCUT2D eigenvalue weighted by atomic mass is 32.2. The minimum Gasteiger partial charge on any atom is -0.480 e. The first-order valence-electron chi connectivity index (χ1n) is 6.98. The van der Waals surface area contributed by atoms with Crippen molar-refractivity contribution in [1.29, 1.82) is 0 Å². The van der Waals surface area contributed by atoms with E-state index in [2.05, 4.69) is 6.07 Å². The van der Waals surface area contributed by atoms with Crippen molar-refractivity contribution in [2.75, 3.05) is 0 Å². The van der Waals surface area contributed by atoms with Crippen molar-refractivity contribution in [2.24, 2.45) is 0 Å². The number of carboxylic acids is 1. The highest BCUT2D eigenvalue weighted by Crippen LogP contribution is 2.27. The van der Waals surface area contributed by atoms with Gasteiger partial charge in [0.05, 0.1) is 0 Å². The van der Waals surface area contributed by atoms with Gasteiger partial charge in [0.2, 0.25) is 0 Å². The number of rotatable bonds is 5. The van der Waals surface area contributed by atoms with Crippen molar-refractivity contribution in [1.82, 2.24) is 0 Å². The number of carbonyl (C=O) groups is 1. The average molecular weight is 300 g/mol. The van der Waals surface area contributed by atoms with Crippen molar-refractivity contribution in [3.8, 4) is 0 Å². The molecule has 2 rings (SSSR count). The van der Waals surface area contributed by atoms with E-state index in [1.165, 1.54) is 22.9 Å². The fourth-order valence-corrected chi connectivity index (χ4v) is 3.22. The Morgan fingerprint density at radius 3 is 2.24 bits per heavy atom. The van der Waals surface area contributed by atoms with Crippen LogP contribution < -0.4 is 0 Å². The van der Waals surface area contributed by atoms with Crippen LogP contribution in [0.2, 0.25) is 0 Å². The van der Waals surface area contributed by atoms with E-state index in [9.17, 15) is 9.90 Å². The monoisotopic (exact) mass is 300 g/mol. The van der Waals surface area contributed by atoms with Crippen molar-refractivity contribution in [2.45, 2.75) is 37.3 Å². The summed E-state index contributed by atoms with van der Waals surface area (Å²) in [5.41, 5.74) is 4.65. The van der Waals surface area contributed by atoms with Crippen LogP contribution in [0.25, 0.3) is 0 Å².